The smallest absolute Gasteiger partial charge is 0.309 e. The van der Waals surface area contributed by atoms with E-state index < -0.39 is 11.9 Å². The Morgan fingerprint density at radius 2 is 2.40 bits per heavy atom. The highest BCUT2D eigenvalue weighted by Gasteiger charge is 2.32. The molecule has 1 fully saturated rings. The molecular formula is C6H8N2O2. The largest absolute Gasteiger partial charge is 0.481 e. The molecule has 1 aliphatic heterocycles. The quantitative estimate of drug-likeness (QED) is 0.511. The maximum absolute atomic E-state index is 10.4. The Kier molecular flexibility index (Phi) is 1.88. The number of carboxylic acid groups (broad SMARTS) is 1. The van der Waals surface area contributed by atoms with Gasteiger partial charge >= 0.3 is 5.97 Å². The minimum Gasteiger partial charge on any atom is -0.481 e. The summed E-state index contributed by atoms with van der Waals surface area (Å²) in [5.41, 5.74) is 0. The lowest BCUT2D eigenvalue weighted by molar-refractivity contribution is -0.141. The summed E-state index contributed by atoms with van der Waals surface area (Å²) in [7, 11) is 0. The molecule has 0 aromatic carbocycles. The first-order chi connectivity index (χ1) is 4.75. The highest BCUT2D eigenvalue weighted by Crippen LogP contribution is 2.15. The third-order valence-electron chi connectivity index (χ3n) is 1.70. The molecule has 4 nitrogen and oxygen atoms in total. The van der Waals surface area contributed by atoms with E-state index in [-0.39, 0.29) is 5.92 Å². The molecule has 0 bridgehead atoms. The molecule has 0 saturated carbocycles. The number of nitriles is 1. The molecule has 0 aromatic heterocycles. The van der Waals surface area contributed by atoms with Gasteiger partial charge in [-0.25, -0.2) is 0 Å². The van der Waals surface area contributed by atoms with Crippen LogP contribution in [0, 0.1) is 23.2 Å². The van der Waals surface area contributed by atoms with Crippen LogP contribution in [0.15, 0.2) is 0 Å². The van der Waals surface area contributed by atoms with Crippen molar-refractivity contribution < 1.29 is 9.90 Å². The van der Waals surface area contributed by atoms with Crippen LogP contribution in [0.4, 0.5) is 0 Å². The summed E-state index contributed by atoms with van der Waals surface area (Å²) in [4.78, 5) is 10.4. The van der Waals surface area contributed by atoms with Crippen molar-refractivity contribution in [3.8, 4) is 6.07 Å². The van der Waals surface area contributed by atoms with Gasteiger partial charge in [0.05, 0.1) is 17.9 Å². The van der Waals surface area contributed by atoms with E-state index in [4.69, 9.17) is 10.4 Å². The summed E-state index contributed by atoms with van der Waals surface area (Å²) >= 11 is 0. The van der Waals surface area contributed by atoms with E-state index in [1.54, 1.807) is 0 Å². The predicted molar refractivity (Wildman–Crippen MR) is 33.1 cm³/mol. The van der Waals surface area contributed by atoms with Crippen LogP contribution in [0.25, 0.3) is 0 Å². The first-order valence-electron chi connectivity index (χ1n) is 3.09. The minimum absolute atomic E-state index is 0.350. The average molecular weight is 140 g/mol. The molecule has 0 aromatic rings. The number of carbonyl (C=O) groups is 1. The Labute approximate surface area is 58.5 Å². The van der Waals surface area contributed by atoms with Gasteiger partial charge in [-0.15, -0.1) is 0 Å². The molecule has 0 amide bonds. The first-order valence-corrected chi connectivity index (χ1v) is 3.09. The van der Waals surface area contributed by atoms with Gasteiger partial charge in [-0.3, -0.25) is 4.79 Å². The highest BCUT2D eigenvalue weighted by molar-refractivity contribution is 5.71. The lowest BCUT2D eigenvalue weighted by atomic mass is 9.98. The van der Waals surface area contributed by atoms with Crippen LogP contribution in [0.2, 0.25) is 0 Å². The molecule has 1 saturated heterocycles. The van der Waals surface area contributed by atoms with Crippen molar-refractivity contribution in [2.75, 3.05) is 13.1 Å². The number of carboxylic acids is 1. The van der Waals surface area contributed by atoms with Crippen molar-refractivity contribution in [1.82, 2.24) is 5.32 Å². The summed E-state index contributed by atoms with van der Waals surface area (Å²) in [6.07, 6.45) is 0. The lowest BCUT2D eigenvalue weighted by Crippen LogP contribution is -2.21. The van der Waals surface area contributed by atoms with Crippen molar-refractivity contribution in [1.29, 1.82) is 5.26 Å². The Hall–Kier alpha value is -1.08. The number of nitrogens with one attached hydrogen (secondary N) is 1. The van der Waals surface area contributed by atoms with Crippen molar-refractivity contribution in [2.24, 2.45) is 11.8 Å². The molecule has 0 aliphatic carbocycles. The maximum atomic E-state index is 10.4. The average Bonchev–Trinajstić information content (AvgIpc) is 2.33. The zero-order valence-corrected chi connectivity index (χ0v) is 5.37. The molecular weight excluding hydrogens is 132 g/mol. The summed E-state index contributed by atoms with van der Waals surface area (Å²) in [5.74, 6) is -1.74. The van der Waals surface area contributed by atoms with E-state index >= 15 is 0 Å². The number of nitrogens with zero attached hydrogens (tertiary/aromatic N) is 1. The van der Waals surface area contributed by atoms with Gasteiger partial charge < -0.3 is 10.4 Å². The van der Waals surface area contributed by atoms with E-state index in [0.717, 1.165) is 0 Å². The molecule has 0 spiro atoms. The molecule has 2 N–H and O–H groups in total. The van der Waals surface area contributed by atoms with Crippen molar-refractivity contribution in [2.45, 2.75) is 0 Å². The Morgan fingerprint density at radius 3 is 2.80 bits per heavy atom. The van der Waals surface area contributed by atoms with Gasteiger partial charge in [0.25, 0.3) is 0 Å². The van der Waals surface area contributed by atoms with Crippen LogP contribution in [0.1, 0.15) is 0 Å². The Morgan fingerprint density at radius 1 is 1.70 bits per heavy atom. The number of rotatable bonds is 1. The molecule has 10 heavy (non-hydrogen) atoms. The van der Waals surface area contributed by atoms with Crippen LogP contribution in [0.3, 0.4) is 0 Å². The maximum Gasteiger partial charge on any atom is 0.309 e. The van der Waals surface area contributed by atoms with Crippen LogP contribution in [-0.4, -0.2) is 24.2 Å². The van der Waals surface area contributed by atoms with Gasteiger partial charge in [-0.2, -0.15) is 5.26 Å². The molecule has 1 rings (SSSR count). The zero-order valence-electron chi connectivity index (χ0n) is 5.37. The van der Waals surface area contributed by atoms with Gasteiger partial charge in [0.2, 0.25) is 0 Å². The summed E-state index contributed by atoms with van der Waals surface area (Å²) in [6.45, 7) is 0.932. The monoisotopic (exact) mass is 140 g/mol. The van der Waals surface area contributed by atoms with Crippen LogP contribution in [0.5, 0.6) is 0 Å². The van der Waals surface area contributed by atoms with E-state index in [1.165, 1.54) is 0 Å². The molecule has 54 valence electrons. The van der Waals surface area contributed by atoms with E-state index in [1.807, 2.05) is 6.07 Å². The number of aliphatic carboxylic acids is 1. The van der Waals surface area contributed by atoms with Gasteiger partial charge in [0.15, 0.2) is 0 Å². The zero-order chi connectivity index (χ0) is 7.56. The van der Waals surface area contributed by atoms with E-state index in [0.29, 0.717) is 13.1 Å². The van der Waals surface area contributed by atoms with Gasteiger partial charge in [0.1, 0.15) is 0 Å². The third-order valence-corrected chi connectivity index (χ3v) is 1.70. The topological polar surface area (TPSA) is 73.1 Å². The molecule has 4 heteroatoms. The second-order valence-electron chi connectivity index (χ2n) is 2.34. The summed E-state index contributed by atoms with van der Waals surface area (Å²) in [5, 5.41) is 19.8. The first kappa shape index (κ1) is 7.03. The second-order valence-corrected chi connectivity index (χ2v) is 2.34. The summed E-state index contributed by atoms with van der Waals surface area (Å²) in [6, 6.07) is 1.95. The molecule has 2 atom stereocenters. The lowest BCUT2D eigenvalue weighted by Gasteiger charge is -2.03. The van der Waals surface area contributed by atoms with Crippen LogP contribution < -0.4 is 5.32 Å². The Bertz CT molecular complexity index is 185. The fourth-order valence-electron chi connectivity index (χ4n) is 1.07. The molecule has 0 unspecified atom stereocenters. The normalized spacial score (nSPS) is 31.5. The molecule has 1 aliphatic rings. The SMILES string of the molecule is N#C[C@H]1CNC[C@H]1C(=O)O. The minimum atomic E-state index is -0.878. The van der Waals surface area contributed by atoms with Gasteiger partial charge in [-0.1, -0.05) is 0 Å². The predicted octanol–water partition coefficient (Wildman–Crippen LogP) is -0.570. The van der Waals surface area contributed by atoms with Crippen molar-refractivity contribution >= 4 is 5.97 Å². The van der Waals surface area contributed by atoms with E-state index in [9.17, 15) is 4.79 Å². The van der Waals surface area contributed by atoms with Crippen LogP contribution >= 0.6 is 0 Å². The molecule has 1 heterocycles. The number of hydrogen-bond acceptors (Lipinski definition) is 3. The standard InChI is InChI=1S/C6H8N2O2/c7-1-4-2-8-3-5(4)6(9)10/h4-5,8H,2-3H2,(H,9,10)/t4-,5+/m0/s1. The van der Waals surface area contributed by atoms with Crippen LogP contribution in [-0.2, 0) is 4.79 Å². The van der Waals surface area contributed by atoms with Gasteiger partial charge in [0, 0.05) is 13.1 Å². The fraction of sp³-hybridized carbons (Fsp3) is 0.667. The Balaban J connectivity index is 2.61. The van der Waals surface area contributed by atoms with E-state index in [2.05, 4.69) is 5.32 Å². The summed E-state index contributed by atoms with van der Waals surface area (Å²) < 4.78 is 0. The highest BCUT2D eigenvalue weighted by atomic mass is 16.4. The van der Waals surface area contributed by atoms with Crippen molar-refractivity contribution in [3.05, 3.63) is 0 Å². The van der Waals surface area contributed by atoms with Gasteiger partial charge in [-0.05, 0) is 0 Å². The molecule has 0 radical (unpaired) electrons. The fourth-order valence-corrected chi connectivity index (χ4v) is 1.07. The number of hydrogen-bond donors (Lipinski definition) is 2. The van der Waals surface area contributed by atoms with Crippen molar-refractivity contribution in [3.63, 3.8) is 0 Å². The third kappa shape index (κ3) is 1.09. The second kappa shape index (κ2) is 2.67.